The Morgan fingerprint density at radius 2 is 1.41 bits per heavy atom. The first-order valence-electron chi connectivity index (χ1n) is 13.9. The number of amides is 1. The lowest BCUT2D eigenvalue weighted by molar-refractivity contribution is -0.929. The summed E-state index contributed by atoms with van der Waals surface area (Å²) in [6.45, 7) is 15.0. The van der Waals surface area contributed by atoms with Crippen molar-refractivity contribution in [1.29, 1.82) is 0 Å². The molecule has 1 N–H and O–H groups in total. The molecule has 9 nitrogen and oxygen atoms in total. The van der Waals surface area contributed by atoms with Crippen LogP contribution in [0.1, 0.15) is 94.3 Å². The smallest absolute Gasteiger partial charge is 0.270 e. The quantitative estimate of drug-likeness (QED) is 0.0980. The molecular weight excluding hydrogens is 538 g/mol. The van der Waals surface area contributed by atoms with Crippen LogP contribution >= 0.6 is 11.3 Å². The number of benzene rings is 1. The van der Waals surface area contributed by atoms with E-state index in [0.29, 0.717) is 4.88 Å². The monoisotopic (exact) mass is 583 g/mol. The van der Waals surface area contributed by atoms with Gasteiger partial charge in [-0.15, -0.1) is 11.3 Å². The van der Waals surface area contributed by atoms with Crippen molar-refractivity contribution in [1.82, 2.24) is 5.32 Å². The number of unbranched alkanes of at least 4 members (excludes halogenated alkanes) is 4. The van der Waals surface area contributed by atoms with E-state index in [9.17, 15) is 27.9 Å². The number of nitrogens with one attached hydrogen (secondary N) is 1. The van der Waals surface area contributed by atoms with Crippen LogP contribution in [0, 0.1) is 10.1 Å². The Morgan fingerprint density at radius 3 is 1.82 bits per heavy atom. The molecule has 0 unspecified atom stereocenters. The minimum Gasteiger partial charge on any atom is -0.743 e. The van der Waals surface area contributed by atoms with Gasteiger partial charge in [0.2, 0.25) is 0 Å². The van der Waals surface area contributed by atoms with Gasteiger partial charge in [0.25, 0.3) is 11.6 Å². The van der Waals surface area contributed by atoms with E-state index in [2.05, 4.69) is 33.0 Å². The molecule has 1 aromatic heterocycles. The summed E-state index contributed by atoms with van der Waals surface area (Å²) in [5.74, 6) is -0.538. The van der Waals surface area contributed by atoms with E-state index in [1.807, 2.05) is 0 Å². The Morgan fingerprint density at radius 1 is 0.897 bits per heavy atom. The Bertz CT molecular complexity index is 1080. The predicted octanol–water partition coefficient (Wildman–Crippen LogP) is 6.49. The Kier molecular flexibility index (Phi) is 16.1. The topological polar surface area (TPSA) is 129 Å². The van der Waals surface area contributed by atoms with Crippen LogP contribution < -0.4 is 5.32 Å². The minimum atomic E-state index is -4.51. The van der Waals surface area contributed by atoms with Crippen LogP contribution in [-0.2, 0) is 16.7 Å². The molecule has 1 amide bonds. The lowest BCUT2D eigenvalue weighted by atomic mass is 10.1. The molecule has 39 heavy (non-hydrogen) atoms. The third-order valence-corrected chi connectivity index (χ3v) is 8.94. The second kappa shape index (κ2) is 18.1. The highest BCUT2D eigenvalue weighted by molar-refractivity contribution is 7.88. The number of nitro benzene ring substituents is 1. The molecule has 2 rings (SSSR count). The number of thiophene rings is 1. The summed E-state index contributed by atoms with van der Waals surface area (Å²) in [5, 5.41) is 13.1. The molecule has 0 saturated carbocycles. The second-order valence-corrected chi connectivity index (χ2v) is 12.6. The number of carbonyl (C=O) groups excluding carboxylic acids is 1. The van der Waals surface area contributed by atoms with Gasteiger partial charge in [0.1, 0.15) is 14.3 Å². The lowest BCUT2D eigenvalue weighted by Gasteiger charge is -2.39. The van der Waals surface area contributed by atoms with E-state index in [1.165, 1.54) is 112 Å². The maximum atomic E-state index is 11.9. The van der Waals surface area contributed by atoms with E-state index in [-0.39, 0.29) is 22.0 Å². The Hall–Kier alpha value is -2.34. The Labute approximate surface area is 238 Å². The van der Waals surface area contributed by atoms with Gasteiger partial charge < -0.3 is 14.4 Å². The zero-order valence-corrected chi connectivity index (χ0v) is 25.4. The van der Waals surface area contributed by atoms with Crippen molar-refractivity contribution >= 4 is 33.0 Å². The molecule has 0 aliphatic rings. The normalized spacial score (nSPS) is 11.5. The molecule has 0 aliphatic heterocycles. The highest BCUT2D eigenvalue weighted by Crippen LogP contribution is 2.21. The second-order valence-electron chi connectivity index (χ2n) is 9.82. The summed E-state index contributed by atoms with van der Waals surface area (Å²) in [5.41, 5.74) is -0.0917. The molecule has 0 fully saturated rings. The van der Waals surface area contributed by atoms with E-state index in [1.54, 1.807) is 0 Å². The van der Waals surface area contributed by atoms with Crippen LogP contribution in [0.3, 0.4) is 0 Å². The van der Waals surface area contributed by atoms with E-state index in [0.717, 1.165) is 17.4 Å². The molecule has 0 spiro atoms. The van der Waals surface area contributed by atoms with Crippen LogP contribution in [0.15, 0.2) is 40.6 Å². The van der Waals surface area contributed by atoms with Gasteiger partial charge in [-0.05, 0) is 43.9 Å². The van der Waals surface area contributed by atoms with Gasteiger partial charge in [0.15, 0.2) is 0 Å². The number of hydrogen-bond donors (Lipinski definition) is 1. The molecular formula is C28H45N3O6S2. The largest absolute Gasteiger partial charge is 0.743 e. The standard InChI is InChI=1S/C16H36N.C12H10N2O6S2/c1-5-9-13-17(14-10-6-2,15-11-7-3)16-12-8-4;15-12(8-2-1-3-9(6-8)14(16)17)13-7-10-4-5-11(21-10)22(18,19)20/h5-16H2,1-4H3;1-6H,7H2,(H,13,15)(H,18,19,20)/q+1;/p-1. The van der Waals surface area contributed by atoms with Gasteiger partial charge in [0, 0.05) is 22.6 Å². The summed E-state index contributed by atoms with van der Waals surface area (Å²) in [7, 11) is -4.51. The first-order valence-corrected chi connectivity index (χ1v) is 16.2. The Balaban J connectivity index is 0.000000406. The highest BCUT2D eigenvalue weighted by atomic mass is 32.3. The summed E-state index contributed by atoms with van der Waals surface area (Å²) >= 11 is 0.762. The molecule has 0 saturated heterocycles. The average molecular weight is 584 g/mol. The molecule has 220 valence electrons. The van der Waals surface area contributed by atoms with Gasteiger partial charge in [-0.2, -0.15) is 0 Å². The van der Waals surface area contributed by atoms with Crippen molar-refractivity contribution in [3.05, 3.63) is 57.0 Å². The van der Waals surface area contributed by atoms with Gasteiger partial charge in [0.05, 0.1) is 37.6 Å². The molecule has 0 aliphatic carbocycles. The number of rotatable bonds is 17. The van der Waals surface area contributed by atoms with Crippen LogP contribution in [0.5, 0.6) is 0 Å². The first kappa shape index (κ1) is 34.7. The van der Waals surface area contributed by atoms with Crippen molar-refractivity contribution in [2.45, 2.75) is 89.8 Å². The number of hydrogen-bond acceptors (Lipinski definition) is 7. The minimum absolute atomic E-state index is 0.0156. The average Bonchev–Trinajstić information content (AvgIpc) is 3.41. The van der Waals surface area contributed by atoms with Crippen LogP contribution in [0.4, 0.5) is 5.69 Å². The number of carbonyl (C=O) groups is 1. The summed E-state index contributed by atoms with van der Waals surface area (Å²) in [6.07, 6.45) is 11.1. The predicted molar refractivity (Wildman–Crippen MR) is 156 cm³/mol. The maximum Gasteiger partial charge on any atom is 0.270 e. The van der Waals surface area contributed by atoms with Gasteiger partial charge >= 0.3 is 0 Å². The SMILES string of the molecule is CCCC[N+](CCCC)(CCCC)CCCC.O=C(NCc1ccc(S(=O)(=O)[O-])s1)c1cccc([N+](=O)[O-])c1. The van der Waals surface area contributed by atoms with Gasteiger partial charge in [-0.25, -0.2) is 8.42 Å². The third-order valence-electron chi connectivity index (χ3n) is 6.57. The van der Waals surface area contributed by atoms with Crippen molar-refractivity contribution in [2.24, 2.45) is 0 Å². The molecule has 0 bridgehead atoms. The zero-order chi connectivity index (χ0) is 29.3. The molecule has 11 heteroatoms. The van der Waals surface area contributed by atoms with Crippen LogP contribution in [0.25, 0.3) is 0 Å². The number of nitrogens with zero attached hydrogens (tertiary/aromatic N) is 2. The van der Waals surface area contributed by atoms with E-state index in [4.69, 9.17) is 0 Å². The lowest BCUT2D eigenvalue weighted by Crippen LogP contribution is -2.50. The van der Waals surface area contributed by atoms with Gasteiger partial charge in [-0.1, -0.05) is 59.4 Å². The third kappa shape index (κ3) is 13.0. The number of non-ortho nitro benzene ring substituents is 1. The zero-order valence-electron chi connectivity index (χ0n) is 23.8. The van der Waals surface area contributed by atoms with Crippen molar-refractivity contribution < 1.29 is 27.2 Å². The molecule has 0 radical (unpaired) electrons. The fraction of sp³-hybridized carbons (Fsp3) is 0.607. The first-order chi connectivity index (χ1) is 18.5. The van der Waals surface area contributed by atoms with E-state index >= 15 is 0 Å². The number of nitro groups is 1. The number of quaternary nitrogens is 1. The van der Waals surface area contributed by atoms with Crippen molar-refractivity contribution in [3.8, 4) is 0 Å². The van der Waals surface area contributed by atoms with Crippen LogP contribution in [-0.4, -0.2) is 54.5 Å². The van der Waals surface area contributed by atoms with Crippen molar-refractivity contribution in [3.63, 3.8) is 0 Å². The van der Waals surface area contributed by atoms with Gasteiger partial charge in [-0.3, -0.25) is 14.9 Å². The maximum absolute atomic E-state index is 11.9. The summed E-state index contributed by atoms with van der Waals surface area (Å²) in [6, 6.07) is 7.80. The fourth-order valence-corrected chi connectivity index (χ4v) is 5.90. The molecule has 1 heterocycles. The van der Waals surface area contributed by atoms with Crippen LogP contribution in [0.2, 0.25) is 0 Å². The summed E-state index contributed by atoms with van der Waals surface area (Å²) in [4.78, 5) is 22.4. The summed E-state index contributed by atoms with van der Waals surface area (Å²) < 4.78 is 33.5. The molecule has 2 aromatic rings. The molecule has 0 atom stereocenters. The molecule has 1 aromatic carbocycles. The highest BCUT2D eigenvalue weighted by Gasteiger charge is 2.24. The van der Waals surface area contributed by atoms with E-state index < -0.39 is 20.9 Å². The van der Waals surface area contributed by atoms with Crippen molar-refractivity contribution in [2.75, 3.05) is 26.2 Å². The fourth-order valence-electron chi connectivity index (χ4n) is 4.26.